The Kier molecular flexibility index (Phi) is 4.75. The number of hydrogen-bond acceptors (Lipinski definition) is 3. The molecule has 0 unspecified atom stereocenters. The topological polar surface area (TPSA) is 49.7 Å². The van der Waals surface area contributed by atoms with Gasteiger partial charge in [0.15, 0.2) is 0 Å². The highest BCUT2D eigenvalue weighted by Gasteiger charge is 2.20. The van der Waals surface area contributed by atoms with Crippen LogP contribution in [0.2, 0.25) is 0 Å². The van der Waals surface area contributed by atoms with Crippen LogP contribution in [0.4, 0.5) is 0 Å². The molecule has 1 aliphatic rings. The van der Waals surface area contributed by atoms with E-state index in [0.717, 1.165) is 19.4 Å². The van der Waals surface area contributed by atoms with Gasteiger partial charge in [-0.05, 0) is 12.8 Å². The molecule has 0 radical (unpaired) electrons. The van der Waals surface area contributed by atoms with Crippen LogP contribution in [-0.2, 0) is 4.74 Å². The van der Waals surface area contributed by atoms with Crippen LogP contribution >= 0.6 is 0 Å². The predicted molar refractivity (Wildman–Crippen MR) is 50.3 cm³/mol. The first kappa shape index (κ1) is 10.4. The summed E-state index contributed by atoms with van der Waals surface area (Å²) in [6, 6.07) is 0. The smallest absolute Gasteiger partial charge is 0.102 e. The van der Waals surface area contributed by atoms with E-state index in [1.165, 1.54) is 0 Å². The minimum atomic E-state index is -0.382. The summed E-state index contributed by atoms with van der Waals surface area (Å²) in [5.74, 6) is 0. The SMILES string of the molecule is OC/C=C/C=C\[C@H]1OCCC[C@@H]1O. The molecule has 13 heavy (non-hydrogen) atoms. The van der Waals surface area contributed by atoms with Crippen molar-refractivity contribution in [1.82, 2.24) is 0 Å². The summed E-state index contributed by atoms with van der Waals surface area (Å²) in [7, 11) is 0. The van der Waals surface area contributed by atoms with Crippen LogP contribution in [0.1, 0.15) is 12.8 Å². The number of rotatable bonds is 3. The van der Waals surface area contributed by atoms with E-state index in [2.05, 4.69) is 0 Å². The fourth-order valence-electron chi connectivity index (χ4n) is 1.28. The minimum absolute atomic E-state index is 0.0401. The van der Waals surface area contributed by atoms with Crippen LogP contribution in [0.5, 0.6) is 0 Å². The van der Waals surface area contributed by atoms with Gasteiger partial charge in [-0.2, -0.15) is 0 Å². The van der Waals surface area contributed by atoms with E-state index in [0.29, 0.717) is 0 Å². The van der Waals surface area contributed by atoms with Crippen molar-refractivity contribution >= 4 is 0 Å². The molecule has 1 saturated heterocycles. The third kappa shape index (κ3) is 3.72. The Hall–Kier alpha value is -0.640. The maximum Gasteiger partial charge on any atom is 0.102 e. The molecule has 0 aliphatic carbocycles. The summed E-state index contributed by atoms with van der Waals surface area (Å²) in [5.41, 5.74) is 0. The second-order valence-corrected chi connectivity index (χ2v) is 3.04. The third-order valence-corrected chi connectivity index (χ3v) is 1.99. The largest absolute Gasteiger partial charge is 0.392 e. The van der Waals surface area contributed by atoms with Gasteiger partial charge in [0.2, 0.25) is 0 Å². The molecule has 0 saturated carbocycles. The zero-order valence-corrected chi connectivity index (χ0v) is 7.60. The summed E-state index contributed by atoms with van der Waals surface area (Å²) >= 11 is 0. The Labute approximate surface area is 78.3 Å². The van der Waals surface area contributed by atoms with Gasteiger partial charge in [-0.3, -0.25) is 0 Å². The molecule has 1 fully saturated rings. The van der Waals surface area contributed by atoms with Crippen LogP contribution in [0, 0.1) is 0 Å². The monoisotopic (exact) mass is 184 g/mol. The highest BCUT2D eigenvalue weighted by Crippen LogP contribution is 2.14. The van der Waals surface area contributed by atoms with E-state index in [9.17, 15) is 5.11 Å². The quantitative estimate of drug-likeness (QED) is 0.632. The first-order valence-electron chi connectivity index (χ1n) is 4.58. The van der Waals surface area contributed by atoms with Gasteiger partial charge < -0.3 is 14.9 Å². The van der Waals surface area contributed by atoms with E-state index in [4.69, 9.17) is 9.84 Å². The molecule has 3 heteroatoms. The summed E-state index contributed by atoms with van der Waals surface area (Å²) in [6.45, 7) is 0.758. The molecule has 1 aliphatic heterocycles. The molecule has 0 aromatic heterocycles. The molecule has 0 bridgehead atoms. The van der Waals surface area contributed by atoms with Gasteiger partial charge >= 0.3 is 0 Å². The average molecular weight is 184 g/mol. The van der Waals surface area contributed by atoms with Gasteiger partial charge in [0.05, 0.1) is 12.7 Å². The number of allylic oxidation sites excluding steroid dienone is 2. The second kappa shape index (κ2) is 5.91. The molecule has 0 spiro atoms. The molecule has 2 N–H and O–H groups in total. The van der Waals surface area contributed by atoms with Crippen LogP contribution in [-0.4, -0.2) is 35.6 Å². The normalized spacial score (nSPS) is 30.3. The van der Waals surface area contributed by atoms with Gasteiger partial charge in [0.1, 0.15) is 6.10 Å². The van der Waals surface area contributed by atoms with Crippen molar-refractivity contribution in [2.45, 2.75) is 25.0 Å². The molecule has 2 atom stereocenters. The molecule has 0 amide bonds. The lowest BCUT2D eigenvalue weighted by Gasteiger charge is -2.25. The van der Waals surface area contributed by atoms with Crippen molar-refractivity contribution in [1.29, 1.82) is 0 Å². The van der Waals surface area contributed by atoms with Crippen LogP contribution in [0.15, 0.2) is 24.3 Å². The Morgan fingerprint density at radius 1 is 1.38 bits per heavy atom. The van der Waals surface area contributed by atoms with Crippen LogP contribution in [0.3, 0.4) is 0 Å². The van der Waals surface area contributed by atoms with E-state index >= 15 is 0 Å². The lowest BCUT2D eigenvalue weighted by Crippen LogP contribution is -2.32. The van der Waals surface area contributed by atoms with Crippen molar-refractivity contribution in [3.05, 3.63) is 24.3 Å². The summed E-state index contributed by atoms with van der Waals surface area (Å²) in [5, 5.41) is 17.9. The van der Waals surface area contributed by atoms with Crippen LogP contribution in [0.25, 0.3) is 0 Å². The molecular formula is C10H16O3. The Bertz CT molecular complexity index is 187. The van der Waals surface area contributed by atoms with Gasteiger partial charge in [0, 0.05) is 6.61 Å². The maximum atomic E-state index is 9.48. The van der Waals surface area contributed by atoms with Gasteiger partial charge in [0.25, 0.3) is 0 Å². The standard InChI is InChI=1S/C10H16O3/c11-7-3-1-2-6-10-9(12)5-4-8-13-10/h1-3,6,9-12H,4-5,7-8H2/b3-1+,6-2-/t9-,10+/m0/s1. The Morgan fingerprint density at radius 2 is 2.23 bits per heavy atom. The fraction of sp³-hybridized carbons (Fsp3) is 0.600. The van der Waals surface area contributed by atoms with Gasteiger partial charge in [-0.15, -0.1) is 0 Å². The highest BCUT2D eigenvalue weighted by molar-refractivity contribution is 5.06. The van der Waals surface area contributed by atoms with E-state index in [-0.39, 0.29) is 18.8 Å². The van der Waals surface area contributed by atoms with Crippen molar-refractivity contribution < 1.29 is 14.9 Å². The average Bonchev–Trinajstić information content (AvgIpc) is 2.15. The van der Waals surface area contributed by atoms with E-state index in [1.807, 2.05) is 6.08 Å². The number of aliphatic hydroxyl groups excluding tert-OH is 2. The molecule has 3 nitrogen and oxygen atoms in total. The third-order valence-electron chi connectivity index (χ3n) is 1.99. The summed E-state index contributed by atoms with van der Waals surface area (Å²) in [4.78, 5) is 0. The molecule has 1 heterocycles. The lowest BCUT2D eigenvalue weighted by molar-refractivity contribution is -0.0483. The highest BCUT2D eigenvalue weighted by atomic mass is 16.5. The van der Waals surface area contributed by atoms with Crippen molar-refractivity contribution in [3.8, 4) is 0 Å². The molecule has 0 aromatic rings. The van der Waals surface area contributed by atoms with Gasteiger partial charge in [-0.25, -0.2) is 0 Å². The molecular weight excluding hydrogens is 168 g/mol. The van der Waals surface area contributed by atoms with Crippen molar-refractivity contribution in [3.63, 3.8) is 0 Å². The zero-order valence-electron chi connectivity index (χ0n) is 7.60. The summed E-state index contributed by atoms with van der Waals surface area (Å²) in [6.07, 6.45) is 8.14. The van der Waals surface area contributed by atoms with Crippen molar-refractivity contribution in [2.75, 3.05) is 13.2 Å². The number of ether oxygens (including phenoxy) is 1. The zero-order chi connectivity index (χ0) is 9.52. The molecule has 1 rings (SSSR count). The predicted octanol–water partition coefficient (Wildman–Crippen LogP) is 0.631. The fourth-order valence-corrected chi connectivity index (χ4v) is 1.28. The van der Waals surface area contributed by atoms with Gasteiger partial charge in [-0.1, -0.05) is 24.3 Å². The minimum Gasteiger partial charge on any atom is -0.392 e. The number of aliphatic hydroxyl groups is 2. The first-order valence-corrected chi connectivity index (χ1v) is 4.58. The first-order chi connectivity index (χ1) is 6.34. The van der Waals surface area contributed by atoms with E-state index < -0.39 is 0 Å². The van der Waals surface area contributed by atoms with Crippen molar-refractivity contribution in [2.24, 2.45) is 0 Å². The number of hydrogen-bond donors (Lipinski definition) is 2. The second-order valence-electron chi connectivity index (χ2n) is 3.04. The van der Waals surface area contributed by atoms with E-state index in [1.54, 1.807) is 18.2 Å². The maximum absolute atomic E-state index is 9.48. The molecule has 0 aromatic carbocycles. The lowest BCUT2D eigenvalue weighted by atomic mass is 10.1. The molecule has 74 valence electrons. The van der Waals surface area contributed by atoms with Crippen LogP contribution < -0.4 is 0 Å². The Balaban J connectivity index is 2.33. The Morgan fingerprint density at radius 3 is 2.92 bits per heavy atom. The summed E-state index contributed by atoms with van der Waals surface area (Å²) < 4.78 is 5.34.